The highest BCUT2D eigenvalue weighted by molar-refractivity contribution is 5.74. The number of carbonyl (C=O) groups excluding carboxylic acids is 2. The summed E-state index contributed by atoms with van der Waals surface area (Å²) in [6.07, 6.45) is 1.91. The first-order chi connectivity index (χ1) is 8.64. The molecule has 0 bridgehead atoms. The Morgan fingerprint density at radius 1 is 1.32 bits per heavy atom. The molecule has 5 nitrogen and oxygen atoms in total. The molecule has 0 amide bonds. The molecule has 0 radical (unpaired) electrons. The van der Waals surface area contributed by atoms with E-state index >= 15 is 0 Å². The fourth-order valence-corrected chi connectivity index (χ4v) is 1.79. The molecule has 0 aliphatic heterocycles. The molecule has 0 aromatic carbocycles. The highest BCUT2D eigenvalue weighted by Crippen LogP contribution is 2.20. The van der Waals surface area contributed by atoms with E-state index in [1.807, 2.05) is 6.92 Å². The van der Waals surface area contributed by atoms with Gasteiger partial charge in [0, 0.05) is 12.3 Å². The van der Waals surface area contributed by atoms with Crippen LogP contribution in [-0.2, 0) is 19.1 Å². The van der Waals surface area contributed by atoms with Gasteiger partial charge < -0.3 is 14.6 Å². The summed E-state index contributed by atoms with van der Waals surface area (Å²) in [4.78, 5) is 33.0. The third-order valence-corrected chi connectivity index (χ3v) is 2.60. The maximum Gasteiger partial charge on any atom is 0.307 e. The Bertz CT molecular complexity index is 316. The van der Waals surface area contributed by atoms with E-state index in [0.29, 0.717) is 12.8 Å². The number of aliphatic carboxylic acids is 1. The Balaban J connectivity index is 4.17. The molecule has 0 aliphatic rings. The zero-order valence-electron chi connectivity index (χ0n) is 12.1. The summed E-state index contributed by atoms with van der Waals surface area (Å²) in [5.74, 6) is -1.55. The van der Waals surface area contributed by atoms with Crippen molar-refractivity contribution in [3.8, 4) is 0 Å². The topological polar surface area (TPSA) is 80.7 Å². The standard InChI is InChI=1S/C14H24O5/c1-10(5-6-12(16)17)7-11(9-15)8-13(18)19-14(2,3)4/h9-11H,5-8H2,1-4H3,(H,16,17)/t10-,11+/m0/s1. The van der Waals surface area contributed by atoms with Crippen LogP contribution in [0.1, 0.15) is 53.4 Å². The maximum atomic E-state index is 11.6. The van der Waals surface area contributed by atoms with Crippen molar-refractivity contribution in [1.82, 2.24) is 0 Å². The van der Waals surface area contributed by atoms with Crippen LogP contribution in [0, 0.1) is 11.8 Å². The molecular weight excluding hydrogens is 248 g/mol. The normalized spacial score (nSPS) is 14.5. The smallest absolute Gasteiger partial charge is 0.307 e. The summed E-state index contributed by atoms with van der Waals surface area (Å²) in [5, 5.41) is 8.58. The number of hydrogen-bond donors (Lipinski definition) is 1. The number of hydrogen-bond acceptors (Lipinski definition) is 4. The lowest BCUT2D eigenvalue weighted by molar-refractivity contribution is -0.156. The summed E-state index contributed by atoms with van der Waals surface area (Å²) >= 11 is 0. The van der Waals surface area contributed by atoms with Crippen LogP contribution in [0.25, 0.3) is 0 Å². The molecule has 0 aromatic heterocycles. The Labute approximate surface area is 114 Å². The van der Waals surface area contributed by atoms with Gasteiger partial charge in [-0.1, -0.05) is 6.92 Å². The second-order valence-corrected chi connectivity index (χ2v) is 5.96. The van der Waals surface area contributed by atoms with Crippen LogP contribution in [0.3, 0.4) is 0 Å². The summed E-state index contributed by atoms with van der Waals surface area (Å²) in [6, 6.07) is 0. The SMILES string of the molecule is C[C@@H](CCC(=O)O)C[C@@H](C=O)CC(=O)OC(C)(C)C. The second-order valence-electron chi connectivity index (χ2n) is 5.96. The first-order valence-corrected chi connectivity index (χ1v) is 6.53. The highest BCUT2D eigenvalue weighted by Gasteiger charge is 2.21. The molecule has 0 heterocycles. The molecule has 5 heteroatoms. The summed E-state index contributed by atoms with van der Waals surface area (Å²) in [5.41, 5.74) is -0.556. The number of carbonyl (C=O) groups is 3. The van der Waals surface area contributed by atoms with Crippen molar-refractivity contribution in [2.45, 2.75) is 59.0 Å². The minimum absolute atomic E-state index is 0.0538. The molecule has 2 atom stereocenters. The van der Waals surface area contributed by atoms with Gasteiger partial charge in [0.05, 0.1) is 6.42 Å². The molecule has 1 N–H and O–H groups in total. The van der Waals surface area contributed by atoms with Gasteiger partial charge in [-0.25, -0.2) is 0 Å². The molecule has 0 saturated heterocycles. The fourth-order valence-electron chi connectivity index (χ4n) is 1.79. The minimum Gasteiger partial charge on any atom is -0.481 e. The predicted octanol–water partition coefficient (Wildman–Crippen LogP) is 2.42. The molecule has 110 valence electrons. The van der Waals surface area contributed by atoms with E-state index in [2.05, 4.69) is 0 Å². The maximum absolute atomic E-state index is 11.6. The van der Waals surface area contributed by atoms with E-state index in [0.717, 1.165) is 6.29 Å². The predicted molar refractivity (Wildman–Crippen MR) is 70.7 cm³/mol. The van der Waals surface area contributed by atoms with Crippen LogP contribution >= 0.6 is 0 Å². The van der Waals surface area contributed by atoms with Gasteiger partial charge in [0.2, 0.25) is 0 Å². The van der Waals surface area contributed by atoms with Gasteiger partial charge in [-0.15, -0.1) is 0 Å². The van der Waals surface area contributed by atoms with Gasteiger partial charge in [0.25, 0.3) is 0 Å². The van der Waals surface area contributed by atoms with Crippen molar-refractivity contribution in [3.05, 3.63) is 0 Å². The van der Waals surface area contributed by atoms with Crippen molar-refractivity contribution in [2.75, 3.05) is 0 Å². The zero-order valence-corrected chi connectivity index (χ0v) is 12.1. The molecule has 0 aliphatic carbocycles. The van der Waals surface area contributed by atoms with Crippen LogP contribution in [0.4, 0.5) is 0 Å². The Hall–Kier alpha value is -1.39. The van der Waals surface area contributed by atoms with Gasteiger partial charge in [-0.05, 0) is 39.5 Å². The molecule has 0 rings (SSSR count). The Kier molecular flexibility index (Phi) is 7.34. The monoisotopic (exact) mass is 272 g/mol. The number of esters is 1. The summed E-state index contributed by atoms with van der Waals surface area (Å²) in [6.45, 7) is 7.21. The van der Waals surface area contributed by atoms with Crippen LogP contribution in [0.5, 0.6) is 0 Å². The first-order valence-electron chi connectivity index (χ1n) is 6.53. The average molecular weight is 272 g/mol. The molecule has 0 saturated carbocycles. The lowest BCUT2D eigenvalue weighted by atomic mass is 9.91. The van der Waals surface area contributed by atoms with Crippen LogP contribution < -0.4 is 0 Å². The number of carboxylic acids is 1. The number of ether oxygens (including phenoxy) is 1. The Morgan fingerprint density at radius 2 is 1.89 bits per heavy atom. The molecule has 19 heavy (non-hydrogen) atoms. The van der Waals surface area contributed by atoms with Crippen LogP contribution in [-0.4, -0.2) is 28.9 Å². The van der Waals surface area contributed by atoms with E-state index in [9.17, 15) is 14.4 Å². The van der Waals surface area contributed by atoms with Crippen molar-refractivity contribution < 1.29 is 24.2 Å². The first kappa shape index (κ1) is 17.6. The number of aldehydes is 1. The number of carboxylic acid groups (broad SMARTS) is 1. The molecule has 0 unspecified atom stereocenters. The Morgan fingerprint density at radius 3 is 2.32 bits per heavy atom. The van der Waals surface area contributed by atoms with Crippen LogP contribution in [0.15, 0.2) is 0 Å². The van der Waals surface area contributed by atoms with Crippen molar-refractivity contribution >= 4 is 18.2 Å². The minimum atomic E-state index is -0.846. The lowest BCUT2D eigenvalue weighted by Gasteiger charge is -2.21. The highest BCUT2D eigenvalue weighted by atomic mass is 16.6. The zero-order chi connectivity index (χ0) is 15.1. The van der Waals surface area contributed by atoms with E-state index in [-0.39, 0.29) is 18.8 Å². The molecular formula is C14H24O5. The molecule has 0 aromatic rings. The van der Waals surface area contributed by atoms with Crippen molar-refractivity contribution in [1.29, 1.82) is 0 Å². The third-order valence-electron chi connectivity index (χ3n) is 2.60. The van der Waals surface area contributed by atoms with E-state index in [4.69, 9.17) is 9.84 Å². The second kappa shape index (κ2) is 7.92. The van der Waals surface area contributed by atoms with Crippen LogP contribution in [0.2, 0.25) is 0 Å². The summed E-state index contributed by atoms with van der Waals surface area (Å²) in [7, 11) is 0. The summed E-state index contributed by atoms with van der Waals surface area (Å²) < 4.78 is 5.16. The van der Waals surface area contributed by atoms with E-state index in [1.54, 1.807) is 20.8 Å². The van der Waals surface area contributed by atoms with Crippen molar-refractivity contribution in [2.24, 2.45) is 11.8 Å². The quantitative estimate of drug-likeness (QED) is 0.542. The fraction of sp³-hybridized carbons (Fsp3) is 0.786. The third kappa shape index (κ3) is 10.2. The average Bonchev–Trinajstić information content (AvgIpc) is 2.22. The van der Waals surface area contributed by atoms with E-state index < -0.39 is 23.5 Å². The molecule has 0 spiro atoms. The van der Waals surface area contributed by atoms with Crippen molar-refractivity contribution in [3.63, 3.8) is 0 Å². The molecule has 0 fully saturated rings. The largest absolute Gasteiger partial charge is 0.481 e. The van der Waals surface area contributed by atoms with Gasteiger partial charge in [-0.2, -0.15) is 0 Å². The van der Waals surface area contributed by atoms with Gasteiger partial charge in [0.1, 0.15) is 11.9 Å². The van der Waals surface area contributed by atoms with Gasteiger partial charge >= 0.3 is 11.9 Å². The van der Waals surface area contributed by atoms with Gasteiger partial charge in [0.15, 0.2) is 0 Å². The van der Waals surface area contributed by atoms with E-state index in [1.165, 1.54) is 0 Å². The number of rotatable bonds is 8. The van der Waals surface area contributed by atoms with Gasteiger partial charge in [-0.3, -0.25) is 9.59 Å². The lowest BCUT2D eigenvalue weighted by Crippen LogP contribution is -2.26.